The summed E-state index contributed by atoms with van der Waals surface area (Å²) in [7, 11) is 2.95. The van der Waals surface area contributed by atoms with E-state index >= 15 is 0 Å². The molecule has 1 heterocycles. The summed E-state index contributed by atoms with van der Waals surface area (Å²) in [4.78, 5) is 40.6. The molecule has 0 spiro atoms. The van der Waals surface area contributed by atoms with Crippen molar-refractivity contribution in [3.05, 3.63) is 64.3 Å². The van der Waals surface area contributed by atoms with Crippen molar-refractivity contribution in [3.8, 4) is 17.1 Å². The molecule has 0 saturated heterocycles. The number of hydrogen-bond acceptors (Lipinski definition) is 5. The summed E-state index contributed by atoms with van der Waals surface area (Å²) in [6.45, 7) is -0.0997. The van der Waals surface area contributed by atoms with E-state index in [4.69, 9.17) is 23.2 Å². The molecule has 3 N–H and O–H groups in total. The minimum Gasteiger partial charge on any atom is -0.333 e. The number of benzene rings is 2. The average Bonchev–Trinajstić information content (AvgIpc) is 3.14. The smallest absolute Gasteiger partial charge is 0.323 e. The second-order valence-electron chi connectivity index (χ2n) is 6.06. The number of nitrogens with zero attached hydrogens (tertiary/aromatic N) is 3. The summed E-state index contributed by atoms with van der Waals surface area (Å²) < 4.78 is 1.58. The van der Waals surface area contributed by atoms with E-state index in [2.05, 4.69) is 16.0 Å². The number of halogens is 2. The number of carbonyl (C=O) groups excluding carboxylic acids is 3. The number of imidazole rings is 1. The Hall–Kier alpha value is -3.20. The van der Waals surface area contributed by atoms with Crippen LogP contribution in [0.3, 0.4) is 0 Å². The highest BCUT2D eigenvalue weighted by atomic mass is 35.5. The van der Waals surface area contributed by atoms with Crippen molar-refractivity contribution in [3.63, 3.8) is 0 Å². The van der Waals surface area contributed by atoms with E-state index in [-0.39, 0.29) is 18.1 Å². The van der Waals surface area contributed by atoms with Crippen LogP contribution in [0, 0.1) is 0 Å². The molecule has 1 aromatic heterocycles. The Labute approximate surface area is 189 Å². The van der Waals surface area contributed by atoms with E-state index < -0.39 is 6.03 Å². The third-order valence-corrected chi connectivity index (χ3v) is 4.73. The van der Waals surface area contributed by atoms with Gasteiger partial charge in [-0.15, -0.1) is 0 Å². The normalized spacial score (nSPS) is 9.97. The second-order valence-corrected chi connectivity index (χ2v) is 6.90. The van der Waals surface area contributed by atoms with Gasteiger partial charge in [-0.2, -0.15) is 0 Å². The number of hydrogen-bond donors (Lipinski definition) is 2. The molecule has 0 fully saturated rings. The molecule has 3 rings (SSSR count). The van der Waals surface area contributed by atoms with Crippen LogP contribution >= 0.6 is 23.2 Å². The van der Waals surface area contributed by atoms with Gasteiger partial charge in [0, 0.05) is 23.3 Å². The van der Waals surface area contributed by atoms with Crippen LogP contribution in [0.15, 0.2) is 48.5 Å². The highest BCUT2D eigenvalue weighted by Crippen LogP contribution is 2.33. The fourth-order valence-corrected chi connectivity index (χ4v) is 3.05. The van der Waals surface area contributed by atoms with Gasteiger partial charge in [-0.3, -0.25) is 14.7 Å². The van der Waals surface area contributed by atoms with Crippen LogP contribution in [-0.2, 0) is 4.79 Å². The molecular formula is C21H21Cl2N5O3. The van der Waals surface area contributed by atoms with Gasteiger partial charge < -0.3 is 15.4 Å². The first-order chi connectivity index (χ1) is 15.0. The molecule has 0 atom stereocenters. The molecule has 2 aromatic carbocycles. The zero-order chi connectivity index (χ0) is 23.0. The third-order valence-electron chi connectivity index (χ3n) is 4.14. The van der Waals surface area contributed by atoms with Crippen molar-refractivity contribution in [2.75, 3.05) is 26.0 Å². The van der Waals surface area contributed by atoms with Gasteiger partial charge >= 0.3 is 6.03 Å². The molecule has 162 valence electrons. The standard InChI is InChI=1S/C20H16Cl2N4O3.CH5N/c1-25(10-11-27)20(29)24-18-17(12-28)26(14-8-6-13(21)7-9-14)19(23-18)15-4-2-3-5-16(15)22;1-2/h2-9,11-12H,10H2,1H3,(H,24,29);2H2,1H3. The molecule has 8 nitrogen and oxygen atoms in total. The number of urea groups is 1. The number of carbonyl (C=O) groups is 3. The van der Waals surface area contributed by atoms with Crippen molar-refractivity contribution in [1.82, 2.24) is 14.5 Å². The lowest BCUT2D eigenvalue weighted by molar-refractivity contribution is -0.108. The van der Waals surface area contributed by atoms with E-state index in [0.717, 1.165) is 4.90 Å². The quantitative estimate of drug-likeness (QED) is 0.540. The predicted octanol–water partition coefficient (Wildman–Crippen LogP) is 3.90. The Morgan fingerprint density at radius 1 is 1.13 bits per heavy atom. The number of rotatable bonds is 6. The Balaban J connectivity index is 0.00000166. The lowest BCUT2D eigenvalue weighted by Gasteiger charge is -2.14. The zero-order valence-corrected chi connectivity index (χ0v) is 18.4. The van der Waals surface area contributed by atoms with E-state index in [1.165, 1.54) is 14.1 Å². The Bertz CT molecular complexity index is 1070. The fraction of sp³-hybridized carbons (Fsp3) is 0.143. The van der Waals surface area contributed by atoms with Gasteiger partial charge in [0.25, 0.3) is 0 Å². The van der Waals surface area contributed by atoms with Crippen LogP contribution in [0.5, 0.6) is 0 Å². The first kappa shape index (κ1) is 24.1. The van der Waals surface area contributed by atoms with Crippen molar-refractivity contribution in [2.24, 2.45) is 5.73 Å². The Morgan fingerprint density at radius 3 is 2.35 bits per heavy atom. The highest BCUT2D eigenvalue weighted by molar-refractivity contribution is 6.33. The summed E-state index contributed by atoms with van der Waals surface area (Å²) >= 11 is 12.3. The van der Waals surface area contributed by atoms with Crippen LogP contribution in [-0.4, -0.2) is 53.7 Å². The number of nitrogens with one attached hydrogen (secondary N) is 1. The van der Waals surface area contributed by atoms with Crippen molar-refractivity contribution < 1.29 is 14.4 Å². The largest absolute Gasteiger partial charge is 0.333 e. The number of nitrogens with two attached hydrogens (primary N) is 1. The van der Waals surface area contributed by atoms with Gasteiger partial charge in [0.1, 0.15) is 17.8 Å². The number of anilines is 1. The minimum atomic E-state index is -0.577. The topological polar surface area (TPSA) is 110 Å². The summed E-state index contributed by atoms with van der Waals surface area (Å²) in [6.07, 6.45) is 1.19. The van der Waals surface area contributed by atoms with Crippen LogP contribution in [0.25, 0.3) is 17.1 Å². The fourth-order valence-electron chi connectivity index (χ4n) is 2.70. The number of likely N-dealkylation sites (N-methyl/N-ethyl adjacent to an activating group) is 1. The first-order valence-corrected chi connectivity index (χ1v) is 9.84. The van der Waals surface area contributed by atoms with E-state index in [1.54, 1.807) is 53.1 Å². The van der Waals surface area contributed by atoms with Crippen LogP contribution in [0.2, 0.25) is 10.0 Å². The average molecular weight is 462 g/mol. The summed E-state index contributed by atoms with van der Waals surface area (Å²) in [6, 6.07) is 13.3. The molecule has 3 aromatic rings. The maximum Gasteiger partial charge on any atom is 0.323 e. The van der Waals surface area contributed by atoms with E-state index in [0.29, 0.717) is 39.7 Å². The Kier molecular flexibility index (Phi) is 8.75. The minimum absolute atomic E-state index is 0.0487. The number of amides is 2. The van der Waals surface area contributed by atoms with Gasteiger partial charge in [-0.1, -0.05) is 35.3 Å². The third kappa shape index (κ3) is 5.49. The van der Waals surface area contributed by atoms with Gasteiger partial charge in [0.15, 0.2) is 12.1 Å². The van der Waals surface area contributed by atoms with E-state index in [9.17, 15) is 14.4 Å². The SMILES string of the molecule is CN.CN(CC=O)C(=O)Nc1nc(-c2ccccc2Cl)n(-c2ccc(Cl)cc2)c1C=O. The molecule has 0 aliphatic heterocycles. The zero-order valence-electron chi connectivity index (χ0n) is 16.9. The van der Waals surface area contributed by atoms with Crippen molar-refractivity contribution in [2.45, 2.75) is 0 Å². The monoisotopic (exact) mass is 461 g/mol. The molecule has 2 amide bonds. The molecule has 0 aliphatic rings. The number of aromatic nitrogens is 2. The molecule has 0 saturated carbocycles. The highest BCUT2D eigenvalue weighted by Gasteiger charge is 2.23. The maximum atomic E-state index is 12.3. The lowest BCUT2D eigenvalue weighted by atomic mass is 10.2. The van der Waals surface area contributed by atoms with E-state index in [1.807, 2.05) is 0 Å². The van der Waals surface area contributed by atoms with Crippen molar-refractivity contribution in [1.29, 1.82) is 0 Å². The first-order valence-electron chi connectivity index (χ1n) is 9.08. The predicted molar refractivity (Wildman–Crippen MR) is 122 cm³/mol. The number of aldehydes is 2. The van der Waals surface area contributed by atoms with Gasteiger partial charge in [0.05, 0.1) is 11.6 Å². The second kappa shape index (κ2) is 11.3. The molecule has 0 unspecified atom stereocenters. The van der Waals surface area contributed by atoms with Gasteiger partial charge in [-0.25, -0.2) is 9.78 Å². The molecular weight excluding hydrogens is 441 g/mol. The molecule has 31 heavy (non-hydrogen) atoms. The van der Waals surface area contributed by atoms with Gasteiger partial charge in [0.2, 0.25) is 0 Å². The van der Waals surface area contributed by atoms with Gasteiger partial charge in [-0.05, 0) is 43.4 Å². The summed E-state index contributed by atoms with van der Waals surface area (Å²) in [5.41, 5.74) is 5.81. The summed E-state index contributed by atoms with van der Waals surface area (Å²) in [5, 5.41) is 3.54. The molecule has 0 bridgehead atoms. The summed E-state index contributed by atoms with van der Waals surface area (Å²) in [5.74, 6) is 0.418. The molecule has 0 aliphatic carbocycles. The Morgan fingerprint density at radius 2 is 1.77 bits per heavy atom. The molecule has 10 heteroatoms. The van der Waals surface area contributed by atoms with Crippen LogP contribution in [0.1, 0.15) is 10.5 Å². The lowest BCUT2D eigenvalue weighted by Crippen LogP contribution is -2.33. The van der Waals surface area contributed by atoms with Crippen LogP contribution < -0.4 is 11.1 Å². The molecule has 0 radical (unpaired) electrons. The van der Waals surface area contributed by atoms with Crippen molar-refractivity contribution >= 4 is 47.6 Å². The van der Waals surface area contributed by atoms with Crippen LogP contribution in [0.4, 0.5) is 10.6 Å². The maximum absolute atomic E-state index is 12.3.